The van der Waals surface area contributed by atoms with Gasteiger partial charge in [-0.3, -0.25) is 0 Å². The van der Waals surface area contributed by atoms with E-state index in [2.05, 4.69) is 27.3 Å². The standard InChI is InChI=1S/C19H26N4O/c1-15(6-7-16-8-10-18(24)11-9-16)21-17-4-3-13-23(14-17)19-5-2-12-20-22-19/h2,5,8-12,15,17,21,24H,3-4,6-7,13-14H2,1H3/t15-,17+/m0/s1. The molecule has 1 aliphatic heterocycles. The van der Waals surface area contributed by atoms with Crippen molar-refractivity contribution in [1.29, 1.82) is 0 Å². The van der Waals surface area contributed by atoms with E-state index in [0.717, 1.165) is 31.7 Å². The van der Waals surface area contributed by atoms with Crippen molar-refractivity contribution in [3.05, 3.63) is 48.2 Å². The number of phenols is 1. The quantitative estimate of drug-likeness (QED) is 0.855. The summed E-state index contributed by atoms with van der Waals surface area (Å²) in [4.78, 5) is 2.32. The van der Waals surface area contributed by atoms with Crippen molar-refractivity contribution in [1.82, 2.24) is 15.5 Å². The Labute approximate surface area is 143 Å². The first-order valence-electron chi connectivity index (χ1n) is 8.77. The molecule has 0 saturated carbocycles. The maximum atomic E-state index is 9.34. The summed E-state index contributed by atoms with van der Waals surface area (Å²) in [7, 11) is 0. The van der Waals surface area contributed by atoms with Crippen LogP contribution in [0.3, 0.4) is 0 Å². The van der Waals surface area contributed by atoms with Gasteiger partial charge < -0.3 is 15.3 Å². The Kier molecular flexibility index (Phi) is 5.64. The van der Waals surface area contributed by atoms with Crippen LogP contribution in [0.5, 0.6) is 5.75 Å². The average Bonchev–Trinajstić information content (AvgIpc) is 2.62. The van der Waals surface area contributed by atoms with Crippen LogP contribution in [0.2, 0.25) is 0 Å². The minimum Gasteiger partial charge on any atom is -0.508 e. The number of rotatable bonds is 6. The lowest BCUT2D eigenvalue weighted by Gasteiger charge is -2.35. The van der Waals surface area contributed by atoms with Crippen LogP contribution >= 0.6 is 0 Å². The van der Waals surface area contributed by atoms with E-state index in [4.69, 9.17) is 0 Å². The molecule has 0 spiro atoms. The molecular formula is C19H26N4O. The number of aromatic hydroxyl groups is 1. The molecule has 1 fully saturated rings. The number of benzene rings is 1. The molecule has 2 heterocycles. The number of phenolic OH excluding ortho intramolecular Hbond substituents is 1. The molecule has 0 bridgehead atoms. The topological polar surface area (TPSA) is 61.3 Å². The molecule has 3 rings (SSSR count). The Morgan fingerprint density at radius 3 is 2.88 bits per heavy atom. The predicted molar refractivity (Wildman–Crippen MR) is 96.3 cm³/mol. The lowest BCUT2D eigenvalue weighted by Crippen LogP contribution is -2.48. The molecule has 5 heteroatoms. The Balaban J connectivity index is 1.47. The number of nitrogens with one attached hydrogen (secondary N) is 1. The fourth-order valence-electron chi connectivity index (χ4n) is 3.31. The lowest BCUT2D eigenvalue weighted by molar-refractivity contribution is 0.372. The van der Waals surface area contributed by atoms with E-state index in [9.17, 15) is 5.11 Å². The summed E-state index contributed by atoms with van der Waals surface area (Å²) in [6, 6.07) is 12.4. The zero-order chi connectivity index (χ0) is 16.8. The summed E-state index contributed by atoms with van der Waals surface area (Å²) in [6.45, 7) is 4.29. The number of anilines is 1. The monoisotopic (exact) mass is 326 g/mol. The summed E-state index contributed by atoms with van der Waals surface area (Å²) in [5.74, 6) is 1.30. The van der Waals surface area contributed by atoms with Gasteiger partial charge in [0.05, 0.1) is 0 Å². The SMILES string of the molecule is C[C@@H](CCc1ccc(O)cc1)N[C@@H]1CCCN(c2cccnn2)C1. The Bertz CT molecular complexity index is 617. The molecular weight excluding hydrogens is 300 g/mol. The van der Waals surface area contributed by atoms with Gasteiger partial charge in [-0.25, -0.2) is 0 Å². The van der Waals surface area contributed by atoms with E-state index in [0.29, 0.717) is 17.8 Å². The smallest absolute Gasteiger partial charge is 0.151 e. The molecule has 128 valence electrons. The second-order valence-electron chi connectivity index (χ2n) is 6.64. The number of nitrogens with zero attached hydrogens (tertiary/aromatic N) is 3. The minimum atomic E-state index is 0.330. The molecule has 2 aromatic rings. The van der Waals surface area contributed by atoms with Crippen LogP contribution in [0.4, 0.5) is 5.82 Å². The van der Waals surface area contributed by atoms with E-state index in [-0.39, 0.29) is 0 Å². The Morgan fingerprint density at radius 2 is 2.12 bits per heavy atom. The zero-order valence-electron chi connectivity index (χ0n) is 14.2. The highest BCUT2D eigenvalue weighted by atomic mass is 16.3. The van der Waals surface area contributed by atoms with Gasteiger partial charge in [0.15, 0.2) is 5.82 Å². The van der Waals surface area contributed by atoms with Gasteiger partial charge in [0.25, 0.3) is 0 Å². The van der Waals surface area contributed by atoms with Crippen LogP contribution < -0.4 is 10.2 Å². The maximum Gasteiger partial charge on any atom is 0.151 e. The fraction of sp³-hybridized carbons (Fsp3) is 0.474. The molecule has 2 N–H and O–H groups in total. The minimum absolute atomic E-state index is 0.330. The number of aromatic nitrogens is 2. The number of hydrogen-bond acceptors (Lipinski definition) is 5. The molecule has 0 unspecified atom stereocenters. The highest BCUT2D eigenvalue weighted by Gasteiger charge is 2.22. The summed E-state index contributed by atoms with van der Waals surface area (Å²) in [5, 5.41) is 21.3. The lowest BCUT2D eigenvalue weighted by atomic mass is 10.0. The second kappa shape index (κ2) is 8.11. The van der Waals surface area contributed by atoms with Gasteiger partial charge in [-0.05, 0) is 62.4 Å². The summed E-state index contributed by atoms with van der Waals surface area (Å²) in [6.07, 6.45) is 6.22. The Morgan fingerprint density at radius 1 is 1.29 bits per heavy atom. The molecule has 1 saturated heterocycles. The molecule has 24 heavy (non-hydrogen) atoms. The van der Waals surface area contributed by atoms with Gasteiger partial charge in [0.1, 0.15) is 5.75 Å². The van der Waals surface area contributed by atoms with Crippen LogP contribution in [-0.2, 0) is 6.42 Å². The number of piperidine rings is 1. The van der Waals surface area contributed by atoms with E-state index in [1.54, 1.807) is 18.3 Å². The van der Waals surface area contributed by atoms with Gasteiger partial charge in [-0.2, -0.15) is 5.10 Å². The van der Waals surface area contributed by atoms with Crippen molar-refractivity contribution in [3.63, 3.8) is 0 Å². The molecule has 1 aromatic heterocycles. The van der Waals surface area contributed by atoms with Crippen LogP contribution in [-0.4, -0.2) is 40.5 Å². The van der Waals surface area contributed by atoms with Crippen molar-refractivity contribution < 1.29 is 5.11 Å². The highest BCUT2D eigenvalue weighted by molar-refractivity contribution is 5.37. The normalized spacial score (nSPS) is 19.2. The van der Waals surface area contributed by atoms with E-state index in [1.807, 2.05) is 24.3 Å². The molecule has 2 atom stereocenters. The zero-order valence-corrected chi connectivity index (χ0v) is 14.2. The molecule has 0 amide bonds. The second-order valence-corrected chi connectivity index (χ2v) is 6.64. The summed E-state index contributed by atoms with van der Waals surface area (Å²) in [5.41, 5.74) is 1.27. The molecule has 0 aliphatic carbocycles. The third-order valence-electron chi connectivity index (χ3n) is 4.63. The van der Waals surface area contributed by atoms with E-state index < -0.39 is 0 Å². The van der Waals surface area contributed by atoms with Gasteiger partial charge in [-0.1, -0.05) is 12.1 Å². The summed E-state index contributed by atoms with van der Waals surface area (Å²) >= 11 is 0. The predicted octanol–water partition coefficient (Wildman–Crippen LogP) is 2.76. The first-order valence-corrected chi connectivity index (χ1v) is 8.77. The third kappa shape index (κ3) is 4.68. The van der Waals surface area contributed by atoms with Crippen molar-refractivity contribution in [2.45, 2.75) is 44.7 Å². The van der Waals surface area contributed by atoms with E-state index >= 15 is 0 Å². The van der Waals surface area contributed by atoms with Crippen molar-refractivity contribution in [3.8, 4) is 5.75 Å². The van der Waals surface area contributed by atoms with Crippen molar-refractivity contribution in [2.75, 3.05) is 18.0 Å². The first-order chi connectivity index (χ1) is 11.7. The van der Waals surface area contributed by atoms with Crippen LogP contribution in [0, 0.1) is 0 Å². The van der Waals surface area contributed by atoms with Crippen LogP contribution in [0.15, 0.2) is 42.6 Å². The van der Waals surface area contributed by atoms with Gasteiger partial charge in [-0.15, -0.1) is 5.10 Å². The number of aryl methyl sites for hydroxylation is 1. The van der Waals surface area contributed by atoms with Crippen LogP contribution in [0.1, 0.15) is 31.7 Å². The molecule has 1 aliphatic rings. The third-order valence-corrected chi connectivity index (χ3v) is 4.63. The van der Waals surface area contributed by atoms with E-state index in [1.165, 1.54) is 18.4 Å². The highest BCUT2D eigenvalue weighted by Crippen LogP contribution is 2.18. The maximum absolute atomic E-state index is 9.34. The van der Waals surface area contributed by atoms with Crippen molar-refractivity contribution in [2.24, 2.45) is 0 Å². The van der Waals surface area contributed by atoms with Gasteiger partial charge in [0.2, 0.25) is 0 Å². The Hall–Kier alpha value is -2.14. The number of hydrogen-bond donors (Lipinski definition) is 2. The van der Waals surface area contributed by atoms with Gasteiger partial charge >= 0.3 is 0 Å². The fourth-order valence-corrected chi connectivity index (χ4v) is 3.31. The average molecular weight is 326 g/mol. The van der Waals surface area contributed by atoms with Crippen molar-refractivity contribution >= 4 is 5.82 Å². The molecule has 0 radical (unpaired) electrons. The van der Waals surface area contributed by atoms with Crippen LogP contribution in [0.25, 0.3) is 0 Å². The largest absolute Gasteiger partial charge is 0.508 e. The molecule has 1 aromatic carbocycles. The van der Waals surface area contributed by atoms with Gasteiger partial charge in [0, 0.05) is 31.4 Å². The first kappa shape index (κ1) is 16.7. The molecule has 5 nitrogen and oxygen atoms in total. The summed E-state index contributed by atoms with van der Waals surface area (Å²) < 4.78 is 0.